The van der Waals surface area contributed by atoms with Gasteiger partial charge >= 0.3 is 0 Å². The number of rotatable bonds is 7. The fourth-order valence-corrected chi connectivity index (χ4v) is 5.45. The molecule has 0 aliphatic heterocycles. The molecule has 0 spiro atoms. The SMILES string of the molecule is O=C(NCC12CCC(C(=O)NCOc3ccc(Cl)c(F)c3)(C1)C2)c1cc2cc(Cl)ccc2o1. The minimum Gasteiger partial charge on any atom is -0.473 e. The third-order valence-electron chi connectivity index (χ3n) is 6.73. The van der Waals surface area contributed by atoms with E-state index in [0.29, 0.717) is 35.7 Å². The van der Waals surface area contributed by atoms with Crippen molar-refractivity contribution in [3.8, 4) is 5.75 Å². The van der Waals surface area contributed by atoms with E-state index in [4.69, 9.17) is 32.4 Å². The van der Waals surface area contributed by atoms with Gasteiger partial charge in [-0.25, -0.2) is 4.39 Å². The highest BCUT2D eigenvalue weighted by Gasteiger charge is 2.64. The zero-order valence-electron chi connectivity index (χ0n) is 17.6. The molecular weight excluding hydrogens is 470 g/mol. The summed E-state index contributed by atoms with van der Waals surface area (Å²) in [6.07, 6.45) is 3.03. The van der Waals surface area contributed by atoms with E-state index >= 15 is 0 Å². The van der Waals surface area contributed by atoms with Gasteiger partial charge in [-0.1, -0.05) is 23.2 Å². The zero-order chi connectivity index (χ0) is 23.2. The molecule has 1 heterocycles. The predicted octanol–water partition coefficient (Wildman–Crippen LogP) is 5.32. The van der Waals surface area contributed by atoms with Crippen molar-refractivity contribution in [3.63, 3.8) is 0 Å². The van der Waals surface area contributed by atoms with Crippen LogP contribution in [0.1, 0.15) is 36.2 Å². The molecule has 172 valence electrons. The van der Waals surface area contributed by atoms with Gasteiger partial charge in [0.15, 0.2) is 12.5 Å². The van der Waals surface area contributed by atoms with Gasteiger partial charge in [0.2, 0.25) is 5.91 Å². The Hall–Kier alpha value is -2.77. The Morgan fingerprint density at radius 2 is 1.88 bits per heavy atom. The van der Waals surface area contributed by atoms with E-state index in [0.717, 1.165) is 18.2 Å². The fourth-order valence-electron chi connectivity index (χ4n) is 5.15. The van der Waals surface area contributed by atoms with Gasteiger partial charge < -0.3 is 19.8 Å². The second-order valence-electron chi connectivity index (χ2n) is 8.98. The van der Waals surface area contributed by atoms with Crippen LogP contribution in [0.5, 0.6) is 5.75 Å². The Morgan fingerprint density at radius 3 is 2.67 bits per heavy atom. The number of hydrogen-bond acceptors (Lipinski definition) is 4. The maximum Gasteiger partial charge on any atom is 0.287 e. The van der Waals surface area contributed by atoms with E-state index in [1.165, 1.54) is 12.1 Å². The summed E-state index contributed by atoms with van der Waals surface area (Å²) in [6.45, 7) is 0.431. The van der Waals surface area contributed by atoms with E-state index in [1.807, 2.05) is 0 Å². The molecule has 2 amide bonds. The van der Waals surface area contributed by atoms with Crippen LogP contribution in [0, 0.1) is 16.6 Å². The van der Waals surface area contributed by atoms with Crippen molar-refractivity contribution in [2.45, 2.75) is 25.7 Å². The quantitative estimate of drug-likeness (QED) is 0.439. The maximum atomic E-state index is 13.5. The molecule has 3 fully saturated rings. The van der Waals surface area contributed by atoms with Crippen molar-refractivity contribution in [3.05, 3.63) is 64.1 Å². The minimum atomic E-state index is -0.577. The number of ether oxygens (including phenoxy) is 1. The highest BCUT2D eigenvalue weighted by atomic mass is 35.5. The van der Waals surface area contributed by atoms with Gasteiger partial charge in [0.05, 0.1) is 10.4 Å². The number of benzene rings is 2. The number of halogens is 3. The van der Waals surface area contributed by atoms with Crippen molar-refractivity contribution < 1.29 is 23.1 Å². The molecule has 1 aromatic heterocycles. The number of carbonyl (C=O) groups excluding carboxylic acids is 2. The lowest BCUT2D eigenvalue weighted by molar-refractivity contribution is -0.139. The van der Waals surface area contributed by atoms with Gasteiger partial charge in [0.1, 0.15) is 17.1 Å². The Balaban J connectivity index is 1.12. The smallest absolute Gasteiger partial charge is 0.287 e. The third-order valence-corrected chi connectivity index (χ3v) is 7.27. The van der Waals surface area contributed by atoms with Crippen molar-refractivity contribution in [2.75, 3.05) is 13.3 Å². The molecule has 2 bridgehead atoms. The van der Waals surface area contributed by atoms with Gasteiger partial charge in [0, 0.05) is 23.0 Å². The first-order valence-electron chi connectivity index (χ1n) is 10.6. The first kappa shape index (κ1) is 22.0. The molecule has 2 aromatic carbocycles. The van der Waals surface area contributed by atoms with E-state index < -0.39 is 11.2 Å². The first-order chi connectivity index (χ1) is 15.8. The summed E-state index contributed by atoms with van der Waals surface area (Å²) in [5.74, 6) is -0.410. The highest BCUT2D eigenvalue weighted by Crippen LogP contribution is 2.66. The van der Waals surface area contributed by atoms with Gasteiger partial charge in [-0.2, -0.15) is 0 Å². The van der Waals surface area contributed by atoms with Crippen molar-refractivity contribution in [1.29, 1.82) is 0 Å². The largest absolute Gasteiger partial charge is 0.473 e. The van der Waals surface area contributed by atoms with Crippen LogP contribution in [0.4, 0.5) is 4.39 Å². The molecular formula is C24H21Cl2FN2O4. The van der Waals surface area contributed by atoms with E-state index in [2.05, 4.69) is 10.6 Å². The summed E-state index contributed by atoms with van der Waals surface area (Å²) in [5, 5.41) is 7.10. The van der Waals surface area contributed by atoms with Crippen LogP contribution in [-0.2, 0) is 4.79 Å². The summed E-state index contributed by atoms with van der Waals surface area (Å²) in [4.78, 5) is 25.3. The summed E-state index contributed by atoms with van der Waals surface area (Å²) in [6, 6.07) is 11.0. The lowest BCUT2D eigenvalue weighted by Gasteiger charge is -2.46. The molecule has 0 unspecified atom stereocenters. The van der Waals surface area contributed by atoms with Gasteiger partial charge in [-0.3, -0.25) is 9.59 Å². The average Bonchev–Trinajstić information content (AvgIpc) is 3.46. The Labute approximate surface area is 199 Å². The molecule has 6 rings (SSSR count). The predicted molar refractivity (Wildman–Crippen MR) is 122 cm³/mol. The maximum absolute atomic E-state index is 13.5. The molecule has 6 nitrogen and oxygen atoms in total. The number of nitrogens with one attached hydrogen (secondary N) is 2. The molecule has 3 aliphatic rings. The summed E-state index contributed by atoms with van der Waals surface area (Å²) in [5.41, 5.74) is 0.0873. The molecule has 3 saturated carbocycles. The van der Waals surface area contributed by atoms with Crippen LogP contribution in [0.3, 0.4) is 0 Å². The van der Waals surface area contributed by atoms with Crippen LogP contribution >= 0.6 is 23.2 Å². The Morgan fingerprint density at radius 1 is 1.06 bits per heavy atom. The topological polar surface area (TPSA) is 80.6 Å². The second-order valence-corrected chi connectivity index (χ2v) is 9.82. The summed E-state index contributed by atoms with van der Waals surface area (Å²) >= 11 is 11.6. The van der Waals surface area contributed by atoms with Crippen molar-refractivity contribution >= 4 is 46.0 Å². The van der Waals surface area contributed by atoms with Crippen LogP contribution in [0.15, 0.2) is 46.9 Å². The molecule has 0 saturated heterocycles. The van der Waals surface area contributed by atoms with Crippen LogP contribution in [-0.4, -0.2) is 25.1 Å². The second kappa shape index (κ2) is 8.22. The molecule has 0 radical (unpaired) electrons. The van der Waals surface area contributed by atoms with E-state index in [-0.39, 0.29) is 34.7 Å². The number of hydrogen-bond donors (Lipinski definition) is 2. The lowest BCUT2D eigenvalue weighted by atomic mass is 9.59. The van der Waals surface area contributed by atoms with Crippen LogP contribution in [0.25, 0.3) is 11.0 Å². The normalized spacial score (nSPS) is 23.2. The molecule has 3 aliphatic carbocycles. The summed E-state index contributed by atoms with van der Waals surface area (Å²) < 4.78 is 24.5. The van der Waals surface area contributed by atoms with Gasteiger partial charge in [-0.05, 0) is 67.5 Å². The summed E-state index contributed by atoms with van der Waals surface area (Å²) in [7, 11) is 0. The average molecular weight is 491 g/mol. The monoisotopic (exact) mass is 490 g/mol. The van der Waals surface area contributed by atoms with Gasteiger partial charge in [-0.15, -0.1) is 0 Å². The van der Waals surface area contributed by atoms with E-state index in [1.54, 1.807) is 30.3 Å². The van der Waals surface area contributed by atoms with E-state index in [9.17, 15) is 14.0 Å². The standard InChI is InChI=1S/C24H21Cl2FN2O4/c25-15-1-4-19-14(7-15)8-20(33-19)21(30)28-12-23-5-6-24(10-23,11-23)22(31)29-13-32-16-2-3-17(26)18(27)9-16/h1-4,7-9H,5-6,10-13H2,(H,28,30)(H,29,31). The molecule has 3 aromatic rings. The number of carbonyl (C=O) groups is 2. The highest BCUT2D eigenvalue weighted by molar-refractivity contribution is 6.31. The molecule has 9 heteroatoms. The van der Waals surface area contributed by atoms with Crippen LogP contribution < -0.4 is 15.4 Å². The Kier molecular flexibility index (Phi) is 5.49. The zero-order valence-corrected chi connectivity index (χ0v) is 19.1. The Bertz CT molecular complexity index is 1250. The van der Waals surface area contributed by atoms with Gasteiger partial charge in [0.25, 0.3) is 5.91 Å². The number of fused-ring (bicyclic) bond motifs is 2. The fraction of sp³-hybridized carbons (Fsp3) is 0.333. The molecule has 0 atom stereocenters. The first-order valence-corrected chi connectivity index (χ1v) is 11.4. The molecule has 2 N–H and O–H groups in total. The third kappa shape index (κ3) is 4.15. The minimum absolute atomic E-state index is 0.0128. The molecule has 33 heavy (non-hydrogen) atoms. The number of amides is 2. The van der Waals surface area contributed by atoms with Crippen molar-refractivity contribution in [2.24, 2.45) is 10.8 Å². The van der Waals surface area contributed by atoms with Crippen LogP contribution in [0.2, 0.25) is 10.0 Å². The number of furan rings is 1. The van der Waals surface area contributed by atoms with Crippen molar-refractivity contribution in [1.82, 2.24) is 10.6 Å². The lowest BCUT2D eigenvalue weighted by Crippen LogP contribution is -2.52.